The minimum Gasteiger partial charge on any atom is -0.489 e. The predicted molar refractivity (Wildman–Crippen MR) is 118 cm³/mol. The first kappa shape index (κ1) is 19.9. The van der Waals surface area contributed by atoms with Crippen molar-refractivity contribution in [2.24, 2.45) is 0 Å². The number of rotatable bonds is 3. The highest BCUT2D eigenvalue weighted by atomic mass is 35.5. The number of H-pyrrole nitrogens is 1. The Morgan fingerprint density at radius 3 is 2.74 bits per heavy atom. The Kier molecular flexibility index (Phi) is 5.53. The topological polar surface area (TPSA) is 76.7 Å². The highest BCUT2D eigenvalue weighted by molar-refractivity contribution is 6.32. The molecule has 1 aromatic heterocycles. The van der Waals surface area contributed by atoms with Gasteiger partial charge in [0.15, 0.2) is 11.5 Å². The second-order valence-electron chi connectivity index (χ2n) is 7.45. The van der Waals surface area contributed by atoms with Crippen LogP contribution < -0.4 is 9.47 Å². The molecule has 2 aliphatic rings. The van der Waals surface area contributed by atoms with E-state index in [-0.39, 0.29) is 5.91 Å². The van der Waals surface area contributed by atoms with Gasteiger partial charge in [0.25, 0.3) is 5.91 Å². The molecule has 0 atom stereocenters. The number of fused-ring (bicyclic) bond motifs is 2. The Bertz CT molecular complexity index is 1120. The fourth-order valence-electron chi connectivity index (χ4n) is 3.75. The zero-order valence-corrected chi connectivity index (χ0v) is 17.7. The molecule has 0 unspecified atom stereocenters. The van der Waals surface area contributed by atoms with Gasteiger partial charge in [0.2, 0.25) is 0 Å². The van der Waals surface area contributed by atoms with Gasteiger partial charge in [-0.3, -0.25) is 4.79 Å². The van der Waals surface area contributed by atoms with Crippen molar-refractivity contribution >= 4 is 40.2 Å². The first-order valence-electron chi connectivity index (χ1n) is 10.3. The lowest BCUT2D eigenvalue weighted by molar-refractivity contribution is -0.128. The molecule has 0 aliphatic carbocycles. The third-order valence-corrected chi connectivity index (χ3v) is 5.59. The molecule has 1 saturated heterocycles. The standard InChI is InChI=1S/C23H22ClN3O4/c24-17-13-15(14-20-21(17)31-9-3-8-30-20)12-16(23(28)27-6-10-29-11-7-27)22-25-18-4-1-2-5-19(18)26-22/h1-2,4-5,12-14H,3,6-11H2,(H,25,26)/b16-12+. The number of aromatic nitrogens is 2. The van der Waals surface area contributed by atoms with Crippen molar-refractivity contribution in [1.82, 2.24) is 14.9 Å². The van der Waals surface area contributed by atoms with Gasteiger partial charge in [-0.05, 0) is 35.9 Å². The number of imidazole rings is 1. The molecule has 0 spiro atoms. The fraction of sp³-hybridized carbons (Fsp3) is 0.304. The zero-order chi connectivity index (χ0) is 21.2. The Labute approximate surface area is 184 Å². The summed E-state index contributed by atoms with van der Waals surface area (Å²) in [5, 5.41) is 0.452. The van der Waals surface area contributed by atoms with E-state index in [9.17, 15) is 4.79 Å². The van der Waals surface area contributed by atoms with Gasteiger partial charge in [0, 0.05) is 19.5 Å². The predicted octanol–water partition coefficient (Wildman–Crippen LogP) is 3.78. The summed E-state index contributed by atoms with van der Waals surface area (Å²) in [4.78, 5) is 23.2. The first-order chi connectivity index (χ1) is 15.2. The highest BCUT2D eigenvalue weighted by Crippen LogP contribution is 2.39. The molecule has 0 radical (unpaired) electrons. The number of para-hydroxylation sites is 2. The van der Waals surface area contributed by atoms with E-state index in [0.717, 1.165) is 23.0 Å². The number of hydrogen-bond donors (Lipinski definition) is 1. The molecule has 8 heteroatoms. The third-order valence-electron chi connectivity index (χ3n) is 5.31. The number of nitrogens with zero attached hydrogens (tertiary/aromatic N) is 2. The summed E-state index contributed by atoms with van der Waals surface area (Å²) in [5.74, 6) is 1.53. The normalized spacial score (nSPS) is 16.9. The molecule has 3 heterocycles. The molecular formula is C23H22ClN3O4. The van der Waals surface area contributed by atoms with Crippen molar-refractivity contribution in [2.45, 2.75) is 6.42 Å². The van der Waals surface area contributed by atoms with Gasteiger partial charge < -0.3 is 24.1 Å². The van der Waals surface area contributed by atoms with Gasteiger partial charge in [-0.15, -0.1) is 0 Å². The van der Waals surface area contributed by atoms with Gasteiger partial charge in [-0.1, -0.05) is 23.7 Å². The number of carbonyl (C=O) groups excluding carboxylic acids is 1. The molecule has 160 valence electrons. The molecule has 1 amide bonds. The number of morpholine rings is 1. The minimum atomic E-state index is -0.106. The maximum absolute atomic E-state index is 13.5. The number of amides is 1. The van der Waals surface area contributed by atoms with Crippen LogP contribution in [0.15, 0.2) is 36.4 Å². The lowest BCUT2D eigenvalue weighted by Crippen LogP contribution is -2.41. The monoisotopic (exact) mass is 439 g/mol. The van der Waals surface area contributed by atoms with Crippen LogP contribution in [-0.4, -0.2) is 60.3 Å². The van der Waals surface area contributed by atoms with Crippen LogP contribution in [0.5, 0.6) is 11.5 Å². The Hall–Kier alpha value is -3.03. The van der Waals surface area contributed by atoms with Crippen molar-refractivity contribution in [3.05, 3.63) is 52.8 Å². The van der Waals surface area contributed by atoms with Crippen molar-refractivity contribution in [2.75, 3.05) is 39.5 Å². The van der Waals surface area contributed by atoms with E-state index in [2.05, 4.69) is 9.97 Å². The van der Waals surface area contributed by atoms with Crippen LogP contribution in [0.25, 0.3) is 22.7 Å². The largest absolute Gasteiger partial charge is 0.489 e. The van der Waals surface area contributed by atoms with Gasteiger partial charge in [-0.2, -0.15) is 0 Å². The van der Waals surface area contributed by atoms with E-state index >= 15 is 0 Å². The molecule has 1 fully saturated rings. The molecule has 2 aliphatic heterocycles. The maximum Gasteiger partial charge on any atom is 0.257 e. The minimum absolute atomic E-state index is 0.106. The van der Waals surface area contributed by atoms with Crippen molar-refractivity contribution in [1.29, 1.82) is 0 Å². The number of carbonyl (C=O) groups is 1. The van der Waals surface area contributed by atoms with E-state index in [4.69, 9.17) is 25.8 Å². The number of halogens is 1. The quantitative estimate of drug-likeness (QED) is 0.628. The van der Waals surface area contributed by atoms with Crippen LogP contribution in [0.2, 0.25) is 5.02 Å². The molecule has 5 rings (SSSR count). The maximum atomic E-state index is 13.5. The molecule has 3 aromatic rings. The average molecular weight is 440 g/mol. The molecule has 1 N–H and O–H groups in total. The van der Waals surface area contributed by atoms with E-state index in [1.54, 1.807) is 17.0 Å². The summed E-state index contributed by atoms with van der Waals surface area (Å²) in [6, 6.07) is 11.3. The van der Waals surface area contributed by atoms with Crippen LogP contribution in [0.4, 0.5) is 0 Å². The molecule has 7 nitrogen and oxygen atoms in total. The van der Waals surface area contributed by atoms with E-state index in [1.807, 2.05) is 30.3 Å². The van der Waals surface area contributed by atoms with E-state index < -0.39 is 0 Å². The average Bonchev–Trinajstić information content (AvgIpc) is 3.08. The summed E-state index contributed by atoms with van der Waals surface area (Å²) < 4.78 is 16.9. The van der Waals surface area contributed by atoms with Crippen LogP contribution in [0.1, 0.15) is 17.8 Å². The van der Waals surface area contributed by atoms with Gasteiger partial charge >= 0.3 is 0 Å². The number of hydrogen-bond acceptors (Lipinski definition) is 5. The number of nitrogens with one attached hydrogen (secondary N) is 1. The van der Waals surface area contributed by atoms with E-state index in [0.29, 0.717) is 67.4 Å². The number of benzene rings is 2. The summed E-state index contributed by atoms with van der Waals surface area (Å²) in [6.45, 7) is 3.24. The Morgan fingerprint density at radius 1 is 1.10 bits per heavy atom. The SMILES string of the molecule is O=C(/C(=C/c1cc(Cl)c2c(c1)OCCCO2)c1nc2ccccc2[nH]1)N1CCOCC1. The summed E-state index contributed by atoms with van der Waals surface area (Å²) in [6.07, 6.45) is 2.59. The molecule has 0 saturated carbocycles. The molecule has 31 heavy (non-hydrogen) atoms. The van der Waals surface area contributed by atoms with Gasteiger partial charge in [-0.25, -0.2) is 4.98 Å². The summed E-state index contributed by atoms with van der Waals surface area (Å²) in [7, 11) is 0. The van der Waals surface area contributed by atoms with Crippen molar-refractivity contribution in [3.8, 4) is 11.5 Å². The Balaban J connectivity index is 1.59. The van der Waals surface area contributed by atoms with Gasteiger partial charge in [0.05, 0.1) is 48.1 Å². The zero-order valence-electron chi connectivity index (χ0n) is 16.9. The fourth-order valence-corrected chi connectivity index (χ4v) is 4.02. The number of ether oxygens (including phenoxy) is 3. The molecule has 0 bridgehead atoms. The highest BCUT2D eigenvalue weighted by Gasteiger charge is 2.25. The van der Waals surface area contributed by atoms with Gasteiger partial charge in [0.1, 0.15) is 5.82 Å². The first-order valence-corrected chi connectivity index (χ1v) is 10.7. The lowest BCUT2D eigenvalue weighted by atomic mass is 10.1. The van der Waals surface area contributed by atoms with Crippen LogP contribution >= 0.6 is 11.6 Å². The van der Waals surface area contributed by atoms with Crippen LogP contribution in [0, 0.1) is 0 Å². The summed E-state index contributed by atoms with van der Waals surface area (Å²) in [5.41, 5.74) is 2.87. The third kappa shape index (κ3) is 4.11. The summed E-state index contributed by atoms with van der Waals surface area (Å²) >= 11 is 6.47. The second kappa shape index (κ2) is 8.61. The van der Waals surface area contributed by atoms with Crippen LogP contribution in [0.3, 0.4) is 0 Å². The van der Waals surface area contributed by atoms with Crippen LogP contribution in [-0.2, 0) is 9.53 Å². The van der Waals surface area contributed by atoms with E-state index in [1.165, 1.54) is 0 Å². The Morgan fingerprint density at radius 2 is 1.90 bits per heavy atom. The van der Waals surface area contributed by atoms with Crippen molar-refractivity contribution in [3.63, 3.8) is 0 Å². The smallest absolute Gasteiger partial charge is 0.257 e. The number of aromatic amines is 1. The second-order valence-corrected chi connectivity index (χ2v) is 7.85. The molecular weight excluding hydrogens is 418 g/mol. The van der Waals surface area contributed by atoms with Crippen molar-refractivity contribution < 1.29 is 19.0 Å². The molecule has 2 aromatic carbocycles. The lowest BCUT2D eigenvalue weighted by Gasteiger charge is -2.27.